The van der Waals surface area contributed by atoms with E-state index in [1.54, 1.807) is 0 Å². The summed E-state index contributed by atoms with van der Waals surface area (Å²) in [6.07, 6.45) is 2.70. The van der Waals surface area contributed by atoms with Gasteiger partial charge in [0.15, 0.2) is 0 Å². The molecule has 0 heterocycles. The fraction of sp³-hybridized carbons (Fsp3) is 0.667. The van der Waals surface area contributed by atoms with Gasteiger partial charge in [0.05, 0.1) is 6.61 Å². The van der Waals surface area contributed by atoms with E-state index in [0.29, 0.717) is 6.54 Å². The minimum atomic E-state index is 0.272. The van der Waals surface area contributed by atoms with Crippen LogP contribution in [-0.4, -0.2) is 38.3 Å². The molecule has 3 nitrogen and oxygen atoms in total. The second-order valence-corrected chi connectivity index (χ2v) is 6.54. The zero-order valence-electron chi connectivity index (χ0n) is 14.0. The zero-order chi connectivity index (χ0) is 15.4. The molecule has 0 amide bonds. The van der Waals surface area contributed by atoms with Crippen molar-refractivity contribution in [2.24, 2.45) is 11.7 Å². The number of aryl methyl sites for hydroxylation is 3. The Morgan fingerprint density at radius 3 is 2.48 bits per heavy atom. The van der Waals surface area contributed by atoms with Gasteiger partial charge in [-0.05, 0) is 68.8 Å². The fourth-order valence-corrected chi connectivity index (χ4v) is 2.79. The van der Waals surface area contributed by atoms with Gasteiger partial charge in [-0.2, -0.15) is 0 Å². The first kappa shape index (κ1) is 16.5. The Balaban J connectivity index is 1.95. The quantitative estimate of drug-likeness (QED) is 0.748. The first-order valence-corrected chi connectivity index (χ1v) is 8.08. The third-order valence-electron chi connectivity index (χ3n) is 4.64. The molecule has 1 saturated carbocycles. The lowest BCUT2D eigenvalue weighted by Gasteiger charge is -2.29. The van der Waals surface area contributed by atoms with E-state index in [1.165, 1.54) is 35.1 Å². The van der Waals surface area contributed by atoms with Gasteiger partial charge < -0.3 is 10.5 Å². The molecule has 0 saturated heterocycles. The lowest BCUT2D eigenvalue weighted by Crippen LogP contribution is -2.33. The maximum Gasteiger partial charge on any atom is 0.0593 e. The predicted octanol–water partition coefficient (Wildman–Crippen LogP) is 2.97. The highest BCUT2D eigenvalue weighted by molar-refractivity contribution is 5.38. The molecule has 21 heavy (non-hydrogen) atoms. The van der Waals surface area contributed by atoms with Crippen molar-refractivity contribution in [2.75, 3.05) is 33.4 Å². The Kier molecular flexibility index (Phi) is 5.80. The third kappa shape index (κ3) is 4.53. The van der Waals surface area contributed by atoms with Crippen LogP contribution in [0.3, 0.4) is 0 Å². The smallest absolute Gasteiger partial charge is 0.0593 e. The number of nitrogens with zero attached hydrogens (tertiary/aromatic N) is 1. The average Bonchev–Trinajstić information content (AvgIpc) is 3.25. The summed E-state index contributed by atoms with van der Waals surface area (Å²) in [5.74, 6) is 0.836. The number of rotatable bonds is 8. The molecule has 1 fully saturated rings. The van der Waals surface area contributed by atoms with Crippen LogP contribution in [0.4, 0.5) is 0 Å². The number of likely N-dealkylation sites (N-methyl/N-ethyl adjacent to an activating group) is 1. The summed E-state index contributed by atoms with van der Waals surface area (Å²) < 4.78 is 5.75. The summed E-state index contributed by atoms with van der Waals surface area (Å²) in [4.78, 5) is 2.32. The minimum Gasteiger partial charge on any atom is -0.380 e. The maximum absolute atomic E-state index is 6.04. The number of hydrogen-bond donors (Lipinski definition) is 1. The van der Waals surface area contributed by atoms with Crippen molar-refractivity contribution in [3.63, 3.8) is 0 Å². The topological polar surface area (TPSA) is 38.5 Å². The Morgan fingerprint density at radius 1 is 1.19 bits per heavy atom. The molecule has 0 radical (unpaired) electrons. The molecule has 2 rings (SSSR count). The van der Waals surface area contributed by atoms with Crippen molar-refractivity contribution < 1.29 is 4.74 Å². The van der Waals surface area contributed by atoms with Crippen molar-refractivity contribution in [1.29, 1.82) is 0 Å². The first-order chi connectivity index (χ1) is 10.0. The molecule has 1 aromatic rings. The number of nitrogens with two attached hydrogens (primary N) is 1. The Labute approximate surface area is 129 Å². The number of hydrogen-bond acceptors (Lipinski definition) is 3. The molecular weight excluding hydrogens is 260 g/mol. The molecule has 0 spiro atoms. The molecule has 118 valence electrons. The van der Waals surface area contributed by atoms with E-state index in [4.69, 9.17) is 10.5 Å². The summed E-state index contributed by atoms with van der Waals surface area (Å²) in [6.45, 7) is 9.83. The Morgan fingerprint density at radius 2 is 1.86 bits per heavy atom. The van der Waals surface area contributed by atoms with Crippen LogP contribution in [-0.2, 0) is 4.74 Å². The van der Waals surface area contributed by atoms with Crippen LogP contribution in [0.2, 0.25) is 0 Å². The molecule has 1 atom stereocenters. The average molecular weight is 290 g/mol. The SMILES string of the molecule is Cc1cc(C)c(C(CN)N(C)CCOCC2CC2)cc1C. The van der Waals surface area contributed by atoms with Crippen LogP contribution < -0.4 is 5.73 Å². The molecule has 3 heteroatoms. The maximum atomic E-state index is 6.04. The molecule has 0 aliphatic heterocycles. The van der Waals surface area contributed by atoms with Crippen LogP contribution >= 0.6 is 0 Å². The van der Waals surface area contributed by atoms with Gasteiger partial charge in [0.25, 0.3) is 0 Å². The lowest BCUT2D eigenvalue weighted by atomic mass is 9.95. The van der Waals surface area contributed by atoms with Gasteiger partial charge in [-0.25, -0.2) is 0 Å². The monoisotopic (exact) mass is 290 g/mol. The summed E-state index contributed by atoms with van der Waals surface area (Å²) in [6, 6.07) is 4.84. The molecule has 1 aromatic carbocycles. The van der Waals surface area contributed by atoms with E-state index in [9.17, 15) is 0 Å². The highest BCUT2D eigenvalue weighted by Crippen LogP contribution is 2.29. The molecule has 0 bridgehead atoms. The molecule has 1 unspecified atom stereocenters. The third-order valence-corrected chi connectivity index (χ3v) is 4.64. The number of ether oxygens (including phenoxy) is 1. The lowest BCUT2D eigenvalue weighted by molar-refractivity contribution is 0.0921. The summed E-state index contributed by atoms with van der Waals surface area (Å²) in [7, 11) is 2.15. The van der Waals surface area contributed by atoms with Gasteiger partial charge in [-0.15, -0.1) is 0 Å². The summed E-state index contributed by atoms with van der Waals surface area (Å²) in [5.41, 5.74) is 11.4. The molecule has 1 aliphatic carbocycles. The van der Waals surface area contributed by atoms with Gasteiger partial charge in [0.2, 0.25) is 0 Å². The first-order valence-electron chi connectivity index (χ1n) is 8.08. The van der Waals surface area contributed by atoms with Crippen molar-refractivity contribution in [2.45, 2.75) is 39.7 Å². The van der Waals surface area contributed by atoms with Crippen LogP contribution in [0, 0.1) is 26.7 Å². The van der Waals surface area contributed by atoms with Crippen LogP contribution in [0.1, 0.15) is 41.1 Å². The second kappa shape index (κ2) is 7.39. The molecule has 2 N–H and O–H groups in total. The minimum absolute atomic E-state index is 0.272. The van der Waals surface area contributed by atoms with E-state index in [1.807, 2.05) is 0 Å². The summed E-state index contributed by atoms with van der Waals surface area (Å²) in [5, 5.41) is 0. The van der Waals surface area contributed by atoms with Gasteiger partial charge in [-0.1, -0.05) is 12.1 Å². The molecule has 1 aliphatic rings. The van der Waals surface area contributed by atoms with Crippen LogP contribution in [0.25, 0.3) is 0 Å². The largest absolute Gasteiger partial charge is 0.380 e. The summed E-state index contributed by atoms with van der Waals surface area (Å²) >= 11 is 0. The van der Waals surface area contributed by atoms with E-state index < -0.39 is 0 Å². The van der Waals surface area contributed by atoms with Crippen molar-refractivity contribution >= 4 is 0 Å². The van der Waals surface area contributed by atoms with E-state index in [-0.39, 0.29) is 6.04 Å². The van der Waals surface area contributed by atoms with Crippen molar-refractivity contribution in [3.8, 4) is 0 Å². The van der Waals surface area contributed by atoms with E-state index in [0.717, 1.165) is 25.7 Å². The van der Waals surface area contributed by atoms with Gasteiger partial charge in [-0.3, -0.25) is 4.90 Å². The standard InChI is InChI=1S/C18H30N2O/c1-13-9-15(3)17(10-14(13)2)18(11-19)20(4)7-8-21-12-16-5-6-16/h9-10,16,18H,5-8,11-12,19H2,1-4H3. The van der Waals surface area contributed by atoms with Gasteiger partial charge in [0, 0.05) is 25.7 Å². The van der Waals surface area contributed by atoms with Crippen molar-refractivity contribution in [1.82, 2.24) is 4.90 Å². The van der Waals surface area contributed by atoms with Crippen LogP contribution in [0.5, 0.6) is 0 Å². The van der Waals surface area contributed by atoms with Gasteiger partial charge in [0.1, 0.15) is 0 Å². The Bertz CT molecular complexity index is 469. The molecular formula is C18H30N2O. The van der Waals surface area contributed by atoms with Crippen molar-refractivity contribution in [3.05, 3.63) is 34.4 Å². The van der Waals surface area contributed by atoms with E-state index in [2.05, 4.69) is 44.9 Å². The van der Waals surface area contributed by atoms with Crippen LogP contribution in [0.15, 0.2) is 12.1 Å². The fourth-order valence-electron chi connectivity index (χ4n) is 2.79. The van der Waals surface area contributed by atoms with E-state index >= 15 is 0 Å². The second-order valence-electron chi connectivity index (χ2n) is 6.54. The highest BCUT2D eigenvalue weighted by Gasteiger charge is 2.22. The predicted molar refractivity (Wildman–Crippen MR) is 88.6 cm³/mol. The van der Waals surface area contributed by atoms with Gasteiger partial charge >= 0.3 is 0 Å². The highest BCUT2D eigenvalue weighted by atomic mass is 16.5. The normalized spacial score (nSPS) is 16.5. The number of benzene rings is 1. The zero-order valence-corrected chi connectivity index (χ0v) is 14.0. The Hall–Kier alpha value is -0.900. The molecule has 0 aromatic heterocycles.